The Kier molecular flexibility index (Phi) is 9.11. The molecule has 1 unspecified atom stereocenters. The van der Waals surface area contributed by atoms with Crippen molar-refractivity contribution < 1.29 is 52.8 Å². The molecule has 9 nitrogen and oxygen atoms in total. The normalized spacial score (nSPS) is 16.3. The number of halogens is 6. The third-order valence-corrected chi connectivity index (χ3v) is 8.80. The highest BCUT2D eigenvalue weighted by molar-refractivity contribution is 7.91. The van der Waals surface area contributed by atoms with Crippen LogP contribution >= 0.6 is 0 Å². The largest absolute Gasteiger partial charge is 0.419 e. The molecule has 17 heteroatoms. The monoisotopic (exact) mass is 643 g/mol. The van der Waals surface area contributed by atoms with Crippen LogP contribution in [0.15, 0.2) is 47.4 Å². The van der Waals surface area contributed by atoms with Gasteiger partial charge in [-0.15, -0.1) is 0 Å². The Morgan fingerprint density at radius 3 is 1.98 bits per heavy atom. The molecule has 3 rings (SSSR count). The molecular formula is C25H27F6N3O6S2. The lowest BCUT2D eigenvalue weighted by Crippen LogP contribution is -2.63. The summed E-state index contributed by atoms with van der Waals surface area (Å²) in [5.41, 5.74) is -5.27. The van der Waals surface area contributed by atoms with Crippen molar-refractivity contribution in [1.82, 2.24) is 10.2 Å². The summed E-state index contributed by atoms with van der Waals surface area (Å²) in [6.07, 6.45) is -10.5. The van der Waals surface area contributed by atoms with Crippen molar-refractivity contribution in [2.24, 2.45) is 0 Å². The third kappa shape index (κ3) is 6.89. The van der Waals surface area contributed by atoms with Gasteiger partial charge in [0.15, 0.2) is 9.84 Å². The second-order valence-electron chi connectivity index (χ2n) is 9.90. The Morgan fingerprint density at radius 2 is 1.50 bits per heavy atom. The maximum atomic E-state index is 14.0. The zero-order chi connectivity index (χ0) is 31.9. The molecule has 0 saturated carbocycles. The molecule has 0 spiro atoms. The van der Waals surface area contributed by atoms with Crippen LogP contribution in [0, 0.1) is 0 Å². The van der Waals surface area contributed by atoms with E-state index in [4.69, 9.17) is 0 Å². The van der Waals surface area contributed by atoms with E-state index < -0.39 is 79.7 Å². The van der Waals surface area contributed by atoms with Crippen molar-refractivity contribution in [3.63, 3.8) is 0 Å². The first-order valence-corrected chi connectivity index (χ1v) is 16.1. The zero-order valence-corrected chi connectivity index (χ0v) is 24.1. The van der Waals surface area contributed by atoms with Gasteiger partial charge < -0.3 is 10.2 Å². The maximum Gasteiger partial charge on any atom is 0.419 e. The molecule has 0 aliphatic carbocycles. The molecule has 232 valence electrons. The van der Waals surface area contributed by atoms with Crippen molar-refractivity contribution >= 4 is 37.2 Å². The smallest absolute Gasteiger partial charge is 0.324 e. The molecule has 42 heavy (non-hydrogen) atoms. The minimum Gasteiger partial charge on any atom is -0.324 e. The molecule has 1 atom stereocenters. The molecule has 0 bridgehead atoms. The van der Waals surface area contributed by atoms with Crippen LogP contribution in [0.4, 0.5) is 32.0 Å². The zero-order valence-electron chi connectivity index (χ0n) is 22.4. The van der Waals surface area contributed by atoms with Gasteiger partial charge in [-0.3, -0.25) is 14.9 Å². The van der Waals surface area contributed by atoms with Crippen LogP contribution in [0.3, 0.4) is 0 Å². The second kappa shape index (κ2) is 11.5. The van der Waals surface area contributed by atoms with Gasteiger partial charge in [-0.05, 0) is 53.9 Å². The minimum absolute atomic E-state index is 0.0378. The summed E-state index contributed by atoms with van der Waals surface area (Å²) in [5.74, 6) is -2.00. The standard InChI is InChI=1S/C25H27F6N3O6S2/c1-15(35)34-14-16-13-19(42(3,39)40)9-10-20(16)21(34)22(36)33-18-7-5-17(6-8-18)23(24(26,27)28,25(29,30)31)32-11-4-12-41(2,37)38/h5-10,13,21,32H,4,11-12,14H2,1-3H3,(H,33,36). The van der Waals surface area contributed by atoms with Crippen molar-refractivity contribution in [1.29, 1.82) is 0 Å². The summed E-state index contributed by atoms with van der Waals surface area (Å²) < 4.78 is 131. The first kappa shape index (κ1) is 33.3. The van der Waals surface area contributed by atoms with E-state index in [9.17, 15) is 52.8 Å². The van der Waals surface area contributed by atoms with Crippen molar-refractivity contribution in [3.8, 4) is 0 Å². The predicted octanol–water partition coefficient (Wildman–Crippen LogP) is 3.48. The van der Waals surface area contributed by atoms with Gasteiger partial charge in [0.1, 0.15) is 15.9 Å². The summed E-state index contributed by atoms with van der Waals surface area (Å²) in [4.78, 5) is 26.5. The van der Waals surface area contributed by atoms with E-state index in [1.54, 1.807) is 0 Å². The summed E-state index contributed by atoms with van der Waals surface area (Å²) in [7, 11) is -7.23. The number of carbonyl (C=O) groups excluding carboxylic acids is 2. The molecule has 0 saturated heterocycles. The predicted molar refractivity (Wildman–Crippen MR) is 140 cm³/mol. The van der Waals surface area contributed by atoms with Crippen LogP contribution < -0.4 is 10.6 Å². The molecule has 2 amide bonds. The van der Waals surface area contributed by atoms with Gasteiger partial charge in [0.2, 0.25) is 11.4 Å². The van der Waals surface area contributed by atoms with Crippen LogP contribution in [-0.2, 0) is 41.3 Å². The van der Waals surface area contributed by atoms with Crippen LogP contribution in [0.2, 0.25) is 0 Å². The SMILES string of the molecule is CC(=O)N1Cc2cc(S(C)(=O)=O)ccc2C1C(=O)Nc1ccc(C(NCCCS(C)(=O)=O)(C(F)(F)F)C(F)(F)F)cc1. The maximum absolute atomic E-state index is 14.0. The van der Waals surface area contributed by atoms with E-state index in [1.807, 2.05) is 0 Å². The highest BCUT2D eigenvalue weighted by atomic mass is 32.2. The van der Waals surface area contributed by atoms with Crippen molar-refractivity contribution in [3.05, 3.63) is 59.2 Å². The van der Waals surface area contributed by atoms with E-state index in [1.165, 1.54) is 30.4 Å². The minimum atomic E-state index is -5.89. The molecule has 1 aliphatic rings. The lowest BCUT2D eigenvalue weighted by molar-refractivity contribution is -0.313. The van der Waals surface area contributed by atoms with Gasteiger partial charge in [-0.2, -0.15) is 26.3 Å². The average molecular weight is 644 g/mol. The summed E-state index contributed by atoms with van der Waals surface area (Å²) in [5, 5.41) is 3.84. The molecule has 0 radical (unpaired) electrons. The quantitative estimate of drug-likeness (QED) is 0.316. The number of carbonyl (C=O) groups is 2. The first-order valence-electron chi connectivity index (χ1n) is 12.2. The lowest BCUT2D eigenvalue weighted by Gasteiger charge is -2.38. The first-order chi connectivity index (χ1) is 19.1. The van der Waals surface area contributed by atoms with E-state index in [2.05, 4.69) is 5.32 Å². The number of nitrogens with zero attached hydrogens (tertiary/aromatic N) is 1. The van der Waals surface area contributed by atoms with Crippen LogP contribution in [0.25, 0.3) is 0 Å². The van der Waals surface area contributed by atoms with Crippen LogP contribution in [0.1, 0.15) is 36.1 Å². The molecule has 1 aliphatic heterocycles. The molecule has 2 aromatic rings. The average Bonchev–Trinajstić information content (AvgIpc) is 3.21. The van der Waals surface area contributed by atoms with Gasteiger partial charge in [0.25, 0.3) is 5.91 Å². The number of sulfone groups is 2. The van der Waals surface area contributed by atoms with Gasteiger partial charge in [0, 0.05) is 31.7 Å². The van der Waals surface area contributed by atoms with E-state index in [0.29, 0.717) is 23.3 Å². The van der Waals surface area contributed by atoms with Crippen LogP contribution in [0.5, 0.6) is 0 Å². The molecule has 2 aromatic carbocycles. The topological polar surface area (TPSA) is 130 Å². The van der Waals surface area contributed by atoms with E-state index >= 15 is 0 Å². The van der Waals surface area contributed by atoms with Gasteiger partial charge in [-0.1, -0.05) is 18.2 Å². The lowest BCUT2D eigenvalue weighted by atomic mass is 9.87. The molecule has 0 aromatic heterocycles. The van der Waals surface area contributed by atoms with Gasteiger partial charge in [-0.25, -0.2) is 16.8 Å². The van der Waals surface area contributed by atoms with Gasteiger partial charge in [0.05, 0.1) is 10.6 Å². The number of nitrogens with one attached hydrogen (secondary N) is 2. The Labute approximate surface area is 238 Å². The van der Waals surface area contributed by atoms with Crippen molar-refractivity contribution in [2.45, 2.75) is 48.7 Å². The molecule has 1 heterocycles. The Hall–Kier alpha value is -3.18. The van der Waals surface area contributed by atoms with Crippen molar-refractivity contribution in [2.75, 3.05) is 30.1 Å². The summed E-state index contributed by atoms with van der Waals surface area (Å²) in [6.45, 7) is 0.151. The fourth-order valence-electron chi connectivity index (χ4n) is 4.65. The Morgan fingerprint density at radius 1 is 0.929 bits per heavy atom. The Bertz CT molecular complexity index is 1560. The number of fused-ring (bicyclic) bond motifs is 1. The van der Waals surface area contributed by atoms with E-state index in [0.717, 1.165) is 29.5 Å². The number of amides is 2. The highest BCUT2D eigenvalue weighted by Gasteiger charge is 2.71. The molecule has 2 N–H and O–H groups in total. The third-order valence-electron chi connectivity index (χ3n) is 6.66. The van der Waals surface area contributed by atoms with E-state index in [-0.39, 0.29) is 17.1 Å². The molecule has 0 fully saturated rings. The molecular weight excluding hydrogens is 616 g/mol. The number of hydrogen-bond donors (Lipinski definition) is 2. The Balaban J connectivity index is 1.92. The summed E-state index contributed by atoms with van der Waals surface area (Å²) >= 11 is 0. The second-order valence-corrected chi connectivity index (χ2v) is 14.2. The highest BCUT2D eigenvalue weighted by Crippen LogP contribution is 2.50. The fourth-order valence-corrected chi connectivity index (χ4v) is 5.99. The fraction of sp³-hybridized carbons (Fsp3) is 0.440. The number of benzene rings is 2. The number of hydrogen-bond acceptors (Lipinski definition) is 7. The number of anilines is 1. The van der Waals surface area contributed by atoms with Gasteiger partial charge >= 0.3 is 12.4 Å². The van der Waals surface area contributed by atoms with Crippen LogP contribution in [-0.4, -0.2) is 70.7 Å². The number of rotatable bonds is 9. The number of alkyl halides is 6. The summed E-state index contributed by atoms with van der Waals surface area (Å²) in [6, 6.07) is 5.42.